The predicted octanol–water partition coefficient (Wildman–Crippen LogP) is 2.61. The third-order valence-electron chi connectivity index (χ3n) is 3.28. The minimum absolute atomic E-state index is 0.0229. The molecule has 2 aromatic rings. The quantitative estimate of drug-likeness (QED) is 0.826. The number of hydrogen-bond donors (Lipinski definition) is 2. The lowest BCUT2D eigenvalue weighted by Gasteiger charge is -2.12. The maximum absolute atomic E-state index is 11.7. The number of amides is 1. The maximum atomic E-state index is 11.7. The number of carbonyl (C=O) groups excluding carboxylic acids is 1. The summed E-state index contributed by atoms with van der Waals surface area (Å²) in [5.74, 6) is 0.487. The van der Waals surface area contributed by atoms with E-state index in [1.54, 1.807) is 0 Å². The Hall–Kier alpha value is -2.33. The molecule has 4 heteroatoms. The van der Waals surface area contributed by atoms with E-state index in [0.29, 0.717) is 18.7 Å². The second-order valence-electron chi connectivity index (χ2n) is 5.17. The summed E-state index contributed by atoms with van der Waals surface area (Å²) in [6, 6.07) is 17.0. The van der Waals surface area contributed by atoms with Crippen molar-refractivity contribution in [3.63, 3.8) is 0 Å². The van der Waals surface area contributed by atoms with Crippen LogP contribution in [0.1, 0.15) is 23.7 Å². The number of aliphatic hydroxyl groups is 1. The summed E-state index contributed by atoms with van der Waals surface area (Å²) < 4.78 is 5.42. The number of rotatable bonds is 7. The number of hydrogen-bond acceptors (Lipinski definition) is 3. The zero-order chi connectivity index (χ0) is 15.8. The molecule has 0 spiro atoms. The first-order valence-corrected chi connectivity index (χ1v) is 7.34. The number of aryl methyl sites for hydroxylation is 1. The highest BCUT2D eigenvalue weighted by Crippen LogP contribution is 2.15. The summed E-state index contributed by atoms with van der Waals surface area (Å²) in [6.45, 7) is 2.36. The van der Waals surface area contributed by atoms with Crippen molar-refractivity contribution >= 4 is 5.91 Å². The molecule has 1 unspecified atom stereocenters. The summed E-state index contributed by atoms with van der Waals surface area (Å²) in [4.78, 5) is 11.7. The van der Waals surface area contributed by atoms with Gasteiger partial charge in [-0.3, -0.25) is 4.79 Å². The molecule has 0 heterocycles. The molecule has 0 saturated heterocycles. The van der Waals surface area contributed by atoms with Crippen molar-refractivity contribution in [1.82, 2.24) is 5.32 Å². The van der Waals surface area contributed by atoms with E-state index in [2.05, 4.69) is 5.32 Å². The average Bonchev–Trinajstić information content (AvgIpc) is 2.54. The molecule has 116 valence electrons. The Kier molecular flexibility index (Phi) is 5.98. The Bertz CT molecular complexity index is 598. The molecular formula is C18H21NO3. The Balaban J connectivity index is 1.68. The highest BCUT2D eigenvalue weighted by molar-refractivity contribution is 5.77. The molecule has 22 heavy (non-hydrogen) atoms. The summed E-state index contributed by atoms with van der Waals surface area (Å²) in [5, 5.41) is 12.7. The molecule has 0 radical (unpaired) electrons. The van der Waals surface area contributed by atoms with Crippen LogP contribution < -0.4 is 10.1 Å². The molecular weight excluding hydrogens is 278 g/mol. The summed E-state index contributed by atoms with van der Waals surface area (Å²) in [6.07, 6.45) is -0.0978. The molecule has 4 nitrogen and oxygen atoms in total. The van der Waals surface area contributed by atoms with Gasteiger partial charge < -0.3 is 15.2 Å². The molecule has 0 aromatic heterocycles. The number of carbonyl (C=O) groups is 1. The lowest BCUT2D eigenvalue weighted by atomic mass is 10.1. The largest absolute Gasteiger partial charge is 0.484 e. The maximum Gasteiger partial charge on any atom is 0.257 e. The standard InChI is InChI=1S/C18H21NO3/c1-14-6-5-9-16(12-14)22-13-18(21)19-11-10-17(20)15-7-3-2-4-8-15/h2-9,12,17,20H,10-11,13H2,1H3,(H,19,21). The van der Waals surface area contributed by atoms with E-state index in [1.165, 1.54) is 0 Å². The average molecular weight is 299 g/mol. The number of benzene rings is 2. The first-order valence-electron chi connectivity index (χ1n) is 7.34. The van der Waals surface area contributed by atoms with Crippen molar-refractivity contribution in [2.45, 2.75) is 19.4 Å². The normalized spacial score (nSPS) is 11.7. The van der Waals surface area contributed by atoms with Gasteiger partial charge in [0.15, 0.2) is 6.61 Å². The topological polar surface area (TPSA) is 58.6 Å². The summed E-state index contributed by atoms with van der Waals surface area (Å²) in [7, 11) is 0. The van der Waals surface area contributed by atoms with Gasteiger partial charge in [-0.15, -0.1) is 0 Å². The lowest BCUT2D eigenvalue weighted by Crippen LogP contribution is -2.30. The minimum Gasteiger partial charge on any atom is -0.484 e. The van der Waals surface area contributed by atoms with Crippen molar-refractivity contribution in [3.05, 3.63) is 65.7 Å². The van der Waals surface area contributed by atoms with E-state index in [-0.39, 0.29) is 12.5 Å². The van der Waals surface area contributed by atoms with Gasteiger partial charge in [0.25, 0.3) is 5.91 Å². The van der Waals surface area contributed by atoms with E-state index < -0.39 is 6.10 Å². The van der Waals surface area contributed by atoms with E-state index >= 15 is 0 Å². The van der Waals surface area contributed by atoms with Crippen molar-refractivity contribution in [2.75, 3.05) is 13.2 Å². The first-order chi connectivity index (χ1) is 10.6. The SMILES string of the molecule is Cc1cccc(OCC(=O)NCCC(O)c2ccccc2)c1. The third-order valence-corrected chi connectivity index (χ3v) is 3.28. The monoisotopic (exact) mass is 299 g/mol. The van der Waals surface area contributed by atoms with Crippen LogP contribution >= 0.6 is 0 Å². The van der Waals surface area contributed by atoms with E-state index in [0.717, 1.165) is 11.1 Å². The third kappa shape index (κ3) is 5.22. The Morgan fingerprint density at radius 3 is 2.68 bits per heavy atom. The Labute approximate surface area is 130 Å². The van der Waals surface area contributed by atoms with Crippen LogP contribution in [0.25, 0.3) is 0 Å². The number of nitrogens with one attached hydrogen (secondary N) is 1. The smallest absolute Gasteiger partial charge is 0.257 e. The fraction of sp³-hybridized carbons (Fsp3) is 0.278. The van der Waals surface area contributed by atoms with Gasteiger partial charge in [-0.25, -0.2) is 0 Å². The van der Waals surface area contributed by atoms with Crippen LogP contribution in [0, 0.1) is 6.92 Å². The molecule has 1 atom stereocenters. The zero-order valence-corrected chi connectivity index (χ0v) is 12.7. The molecule has 1 amide bonds. The van der Waals surface area contributed by atoms with Crippen LogP contribution in [0.5, 0.6) is 5.75 Å². The fourth-order valence-electron chi connectivity index (χ4n) is 2.10. The zero-order valence-electron chi connectivity index (χ0n) is 12.7. The van der Waals surface area contributed by atoms with Crippen LogP contribution in [0.15, 0.2) is 54.6 Å². The van der Waals surface area contributed by atoms with Crippen LogP contribution in [0.4, 0.5) is 0 Å². The molecule has 0 bridgehead atoms. The van der Waals surface area contributed by atoms with E-state index in [9.17, 15) is 9.90 Å². The predicted molar refractivity (Wildman–Crippen MR) is 85.7 cm³/mol. The highest BCUT2D eigenvalue weighted by Gasteiger charge is 2.08. The van der Waals surface area contributed by atoms with Gasteiger partial charge in [0.2, 0.25) is 0 Å². The van der Waals surface area contributed by atoms with Gasteiger partial charge in [-0.2, -0.15) is 0 Å². The fourth-order valence-corrected chi connectivity index (χ4v) is 2.10. The van der Waals surface area contributed by atoms with E-state index in [1.807, 2.05) is 61.5 Å². The lowest BCUT2D eigenvalue weighted by molar-refractivity contribution is -0.123. The van der Waals surface area contributed by atoms with Crippen LogP contribution in [0.2, 0.25) is 0 Å². The molecule has 0 fully saturated rings. The first kappa shape index (κ1) is 16.0. The second-order valence-corrected chi connectivity index (χ2v) is 5.17. The van der Waals surface area contributed by atoms with Gasteiger partial charge in [-0.1, -0.05) is 42.5 Å². The summed E-state index contributed by atoms with van der Waals surface area (Å²) >= 11 is 0. The molecule has 0 aliphatic heterocycles. The van der Waals surface area contributed by atoms with Crippen molar-refractivity contribution < 1.29 is 14.6 Å². The van der Waals surface area contributed by atoms with Gasteiger partial charge in [0, 0.05) is 6.54 Å². The minimum atomic E-state index is -0.570. The van der Waals surface area contributed by atoms with Crippen molar-refractivity contribution in [3.8, 4) is 5.75 Å². The van der Waals surface area contributed by atoms with Gasteiger partial charge in [-0.05, 0) is 36.6 Å². The van der Waals surface area contributed by atoms with Gasteiger partial charge in [0.1, 0.15) is 5.75 Å². The molecule has 2 aromatic carbocycles. The number of aliphatic hydroxyl groups excluding tert-OH is 1. The van der Waals surface area contributed by atoms with Gasteiger partial charge >= 0.3 is 0 Å². The molecule has 2 rings (SSSR count). The molecule has 0 aliphatic carbocycles. The highest BCUT2D eigenvalue weighted by atomic mass is 16.5. The molecule has 0 saturated carbocycles. The van der Waals surface area contributed by atoms with Crippen molar-refractivity contribution in [2.24, 2.45) is 0 Å². The molecule has 2 N–H and O–H groups in total. The summed E-state index contributed by atoms with van der Waals surface area (Å²) in [5.41, 5.74) is 1.94. The van der Waals surface area contributed by atoms with Crippen LogP contribution in [-0.2, 0) is 4.79 Å². The van der Waals surface area contributed by atoms with Gasteiger partial charge in [0.05, 0.1) is 6.10 Å². The molecule has 0 aliphatic rings. The van der Waals surface area contributed by atoms with Crippen molar-refractivity contribution in [1.29, 1.82) is 0 Å². The Morgan fingerprint density at radius 1 is 1.18 bits per heavy atom. The van der Waals surface area contributed by atoms with Crippen LogP contribution in [0.3, 0.4) is 0 Å². The number of ether oxygens (including phenoxy) is 1. The second kappa shape index (κ2) is 8.20. The van der Waals surface area contributed by atoms with E-state index in [4.69, 9.17) is 4.74 Å². The Morgan fingerprint density at radius 2 is 1.95 bits per heavy atom. The van der Waals surface area contributed by atoms with Crippen LogP contribution in [-0.4, -0.2) is 24.2 Å².